The quantitative estimate of drug-likeness (QED) is 0.577. The van der Waals surface area contributed by atoms with Gasteiger partial charge in [-0.15, -0.1) is 11.3 Å². The van der Waals surface area contributed by atoms with Gasteiger partial charge < -0.3 is 14.2 Å². The molecule has 29 heavy (non-hydrogen) atoms. The lowest BCUT2D eigenvalue weighted by molar-refractivity contribution is 0.102. The molecule has 0 saturated carbocycles. The van der Waals surface area contributed by atoms with E-state index in [1.54, 1.807) is 12.1 Å². The Kier molecular flexibility index (Phi) is 6.39. The number of aromatic nitrogens is 1. The molecule has 1 heterocycles. The molecule has 6 nitrogen and oxygen atoms in total. The van der Waals surface area contributed by atoms with Gasteiger partial charge in [-0.05, 0) is 23.6 Å². The maximum atomic E-state index is 12.7. The molecule has 0 aliphatic rings. The summed E-state index contributed by atoms with van der Waals surface area (Å²) in [5, 5.41) is 5.28. The number of nitrogens with one attached hydrogen (secondary N) is 1. The molecule has 1 amide bonds. The Bertz CT molecular complexity index is 971. The van der Waals surface area contributed by atoms with Gasteiger partial charge in [0.1, 0.15) is 0 Å². The SMILES string of the molecule is COc1cc(C(=O)Nc2nc(-c3ccc(C(C)C)cc3)cs2)cc(OC)c1OC. The van der Waals surface area contributed by atoms with Crippen molar-refractivity contribution in [1.29, 1.82) is 0 Å². The molecule has 0 unspecified atom stereocenters. The van der Waals surface area contributed by atoms with Crippen LogP contribution < -0.4 is 19.5 Å². The van der Waals surface area contributed by atoms with Crippen molar-refractivity contribution in [2.45, 2.75) is 19.8 Å². The lowest BCUT2D eigenvalue weighted by Gasteiger charge is -2.13. The minimum absolute atomic E-state index is 0.305. The summed E-state index contributed by atoms with van der Waals surface area (Å²) in [4.78, 5) is 17.3. The molecule has 3 rings (SSSR count). The average Bonchev–Trinajstić information content (AvgIpc) is 3.20. The highest BCUT2D eigenvalue weighted by atomic mass is 32.1. The summed E-state index contributed by atoms with van der Waals surface area (Å²) in [7, 11) is 4.54. The van der Waals surface area contributed by atoms with E-state index in [-0.39, 0.29) is 5.91 Å². The summed E-state index contributed by atoms with van der Waals surface area (Å²) >= 11 is 1.38. The fraction of sp³-hybridized carbons (Fsp3) is 0.273. The number of rotatable bonds is 7. The lowest BCUT2D eigenvalue weighted by atomic mass is 10.0. The first-order valence-corrected chi connectivity index (χ1v) is 10.0. The number of hydrogen-bond donors (Lipinski definition) is 1. The number of ether oxygens (including phenoxy) is 3. The fourth-order valence-electron chi connectivity index (χ4n) is 2.88. The van der Waals surface area contributed by atoms with Gasteiger partial charge in [0.05, 0.1) is 27.0 Å². The van der Waals surface area contributed by atoms with E-state index in [0.717, 1.165) is 11.3 Å². The molecule has 1 aromatic heterocycles. The molecule has 3 aromatic rings. The second-order valence-electron chi connectivity index (χ2n) is 6.68. The topological polar surface area (TPSA) is 69.7 Å². The molecule has 0 saturated heterocycles. The van der Waals surface area contributed by atoms with Crippen molar-refractivity contribution in [3.8, 4) is 28.5 Å². The van der Waals surface area contributed by atoms with Crippen LogP contribution in [0.3, 0.4) is 0 Å². The van der Waals surface area contributed by atoms with Crippen LogP contribution in [0, 0.1) is 0 Å². The van der Waals surface area contributed by atoms with E-state index in [2.05, 4.69) is 48.4 Å². The van der Waals surface area contributed by atoms with Gasteiger partial charge in [0.2, 0.25) is 5.75 Å². The Hall–Kier alpha value is -3.06. The second kappa shape index (κ2) is 8.96. The van der Waals surface area contributed by atoms with E-state index in [1.807, 2.05) is 5.38 Å². The van der Waals surface area contributed by atoms with Crippen molar-refractivity contribution in [2.24, 2.45) is 0 Å². The maximum Gasteiger partial charge on any atom is 0.257 e. The van der Waals surface area contributed by atoms with Crippen molar-refractivity contribution in [3.05, 3.63) is 52.9 Å². The van der Waals surface area contributed by atoms with Crippen LogP contribution in [0.4, 0.5) is 5.13 Å². The van der Waals surface area contributed by atoms with Gasteiger partial charge in [-0.1, -0.05) is 38.1 Å². The van der Waals surface area contributed by atoms with Crippen molar-refractivity contribution in [2.75, 3.05) is 26.6 Å². The molecule has 0 aliphatic carbocycles. The highest BCUT2D eigenvalue weighted by molar-refractivity contribution is 7.14. The number of benzene rings is 2. The average molecular weight is 413 g/mol. The van der Waals surface area contributed by atoms with Crippen molar-refractivity contribution < 1.29 is 19.0 Å². The summed E-state index contributed by atoms with van der Waals surface area (Å²) in [6, 6.07) is 11.5. The van der Waals surface area contributed by atoms with Gasteiger partial charge in [0.25, 0.3) is 5.91 Å². The summed E-state index contributed by atoms with van der Waals surface area (Å²) < 4.78 is 15.9. The predicted octanol–water partition coefficient (Wildman–Crippen LogP) is 5.21. The number of carbonyl (C=O) groups is 1. The van der Waals surface area contributed by atoms with Gasteiger partial charge in [0.15, 0.2) is 16.6 Å². The third kappa shape index (κ3) is 4.51. The number of thiazole rings is 1. The molecule has 0 bridgehead atoms. The first-order chi connectivity index (χ1) is 14.0. The standard InChI is InChI=1S/C22H24N2O4S/c1-13(2)14-6-8-15(9-7-14)17-12-29-22(23-17)24-21(25)16-10-18(26-3)20(28-5)19(11-16)27-4/h6-13H,1-5H3,(H,23,24,25). The monoisotopic (exact) mass is 412 g/mol. The highest BCUT2D eigenvalue weighted by Crippen LogP contribution is 2.38. The number of nitrogens with zero attached hydrogens (tertiary/aromatic N) is 1. The Balaban J connectivity index is 1.80. The third-order valence-electron chi connectivity index (χ3n) is 4.52. The molecule has 0 radical (unpaired) electrons. The number of methoxy groups -OCH3 is 3. The first kappa shape index (κ1) is 20.7. The second-order valence-corrected chi connectivity index (χ2v) is 7.54. The third-order valence-corrected chi connectivity index (χ3v) is 5.28. The molecule has 7 heteroatoms. The van der Waals surface area contributed by atoms with Crippen LogP contribution in [-0.2, 0) is 0 Å². The zero-order valence-corrected chi connectivity index (χ0v) is 17.9. The summed E-state index contributed by atoms with van der Waals surface area (Å²) in [6.07, 6.45) is 0. The van der Waals surface area contributed by atoms with Crippen molar-refractivity contribution in [1.82, 2.24) is 4.98 Å². The molecule has 0 atom stereocenters. The minimum atomic E-state index is -0.305. The molecule has 0 aliphatic heterocycles. The van der Waals surface area contributed by atoms with Gasteiger partial charge in [0, 0.05) is 16.5 Å². The Labute approximate surface area is 174 Å². The molecule has 2 aromatic carbocycles. The van der Waals surface area contributed by atoms with E-state index in [1.165, 1.54) is 38.2 Å². The van der Waals surface area contributed by atoms with E-state index in [9.17, 15) is 4.79 Å². The summed E-state index contributed by atoms with van der Waals surface area (Å²) in [5.41, 5.74) is 3.50. The van der Waals surface area contributed by atoms with Crippen LogP contribution in [0.2, 0.25) is 0 Å². The zero-order valence-electron chi connectivity index (χ0n) is 17.1. The van der Waals surface area contributed by atoms with Gasteiger partial charge >= 0.3 is 0 Å². The van der Waals surface area contributed by atoms with Crippen LogP contribution >= 0.6 is 11.3 Å². The number of anilines is 1. The van der Waals surface area contributed by atoms with E-state index < -0.39 is 0 Å². The van der Waals surface area contributed by atoms with Crippen LogP contribution in [0.25, 0.3) is 11.3 Å². The largest absolute Gasteiger partial charge is 0.493 e. The van der Waals surface area contributed by atoms with Crippen LogP contribution in [0.1, 0.15) is 35.7 Å². The van der Waals surface area contributed by atoms with Gasteiger partial charge in [-0.2, -0.15) is 0 Å². The molecule has 0 spiro atoms. The minimum Gasteiger partial charge on any atom is -0.493 e. The van der Waals surface area contributed by atoms with Gasteiger partial charge in [-0.3, -0.25) is 10.1 Å². The van der Waals surface area contributed by atoms with Crippen LogP contribution in [0.5, 0.6) is 17.2 Å². The lowest BCUT2D eigenvalue weighted by Crippen LogP contribution is -2.12. The molecule has 152 valence electrons. The summed E-state index contributed by atoms with van der Waals surface area (Å²) in [5.74, 6) is 1.45. The van der Waals surface area contributed by atoms with Gasteiger partial charge in [-0.25, -0.2) is 4.98 Å². The van der Waals surface area contributed by atoms with Crippen molar-refractivity contribution in [3.63, 3.8) is 0 Å². The van der Waals surface area contributed by atoms with Crippen molar-refractivity contribution >= 4 is 22.4 Å². The van der Waals surface area contributed by atoms with Crippen LogP contribution in [-0.4, -0.2) is 32.2 Å². The maximum absolute atomic E-state index is 12.7. The smallest absolute Gasteiger partial charge is 0.257 e. The number of amides is 1. The normalized spacial score (nSPS) is 10.7. The molecule has 1 N–H and O–H groups in total. The predicted molar refractivity (Wildman–Crippen MR) is 116 cm³/mol. The fourth-order valence-corrected chi connectivity index (χ4v) is 3.60. The highest BCUT2D eigenvalue weighted by Gasteiger charge is 2.18. The van der Waals surface area contributed by atoms with E-state index in [0.29, 0.717) is 33.9 Å². The zero-order chi connectivity index (χ0) is 21.0. The van der Waals surface area contributed by atoms with E-state index in [4.69, 9.17) is 14.2 Å². The Morgan fingerprint density at radius 2 is 1.62 bits per heavy atom. The number of carbonyl (C=O) groups excluding carboxylic acids is 1. The molecule has 0 fully saturated rings. The Morgan fingerprint density at radius 1 is 1.00 bits per heavy atom. The van der Waals surface area contributed by atoms with Crippen LogP contribution in [0.15, 0.2) is 41.8 Å². The first-order valence-electron chi connectivity index (χ1n) is 9.14. The number of hydrogen-bond acceptors (Lipinski definition) is 6. The van der Waals surface area contributed by atoms with E-state index >= 15 is 0 Å². The molecular weight excluding hydrogens is 388 g/mol. The molecular formula is C22H24N2O4S. The summed E-state index contributed by atoms with van der Waals surface area (Å²) in [6.45, 7) is 4.32. The Morgan fingerprint density at radius 3 is 2.14 bits per heavy atom.